The van der Waals surface area contributed by atoms with Gasteiger partial charge in [-0.05, 0) is 36.8 Å². The quantitative estimate of drug-likeness (QED) is 0.918. The fourth-order valence-corrected chi connectivity index (χ4v) is 2.96. The Morgan fingerprint density at radius 3 is 2.75 bits per heavy atom. The van der Waals surface area contributed by atoms with Crippen molar-refractivity contribution in [1.29, 1.82) is 0 Å². The van der Waals surface area contributed by atoms with Crippen molar-refractivity contribution in [3.8, 4) is 0 Å². The van der Waals surface area contributed by atoms with Crippen LogP contribution in [0.5, 0.6) is 0 Å². The standard InChI is InChI=1S/C16H25N3O/c1-4-7-17-15-14(6-5-8-18-15)16(20)19-10-12(2)9-13(3)11-19/h5-6,8,12-13H,4,7,9-11H2,1-3H3,(H,17,18). The zero-order chi connectivity index (χ0) is 14.5. The summed E-state index contributed by atoms with van der Waals surface area (Å²) in [5.41, 5.74) is 0.697. The maximum Gasteiger partial charge on any atom is 0.257 e. The number of pyridine rings is 1. The second kappa shape index (κ2) is 6.73. The van der Waals surface area contributed by atoms with Crippen LogP contribution in [-0.2, 0) is 0 Å². The molecular weight excluding hydrogens is 250 g/mol. The highest BCUT2D eigenvalue weighted by atomic mass is 16.2. The van der Waals surface area contributed by atoms with Crippen molar-refractivity contribution >= 4 is 11.7 Å². The van der Waals surface area contributed by atoms with E-state index >= 15 is 0 Å². The highest BCUT2D eigenvalue weighted by Gasteiger charge is 2.27. The summed E-state index contributed by atoms with van der Waals surface area (Å²) in [6.45, 7) is 9.08. The van der Waals surface area contributed by atoms with Crippen LogP contribution in [-0.4, -0.2) is 35.4 Å². The molecule has 2 rings (SSSR count). The Hall–Kier alpha value is -1.58. The number of nitrogens with zero attached hydrogens (tertiary/aromatic N) is 2. The lowest BCUT2D eigenvalue weighted by Gasteiger charge is -2.35. The smallest absolute Gasteiger partial charge is 0.257 e. The van der Waals surface area contributed by atoms with Gasteiger partial charge in [0.05, 0.1) is 5.56 Å². The molecule has 0 aromatic carbocycles. The van der Waals surface area contributed by atoms with E-state index in [-0.39, 0.29) is 5.91 Å². The summed E-state index contributed by atoms with van der Waals surface area (Å²) >= 11 is 0. The predicted octanol–water partition coefficient (Wildman–Crippen LogP) is 3.02. The molecule has 0 radical (unpaired) electrons. The number of amides is 1. The Morgan fingerprint density at radius 2 is 2.10 bits per heavy atom. The Kier molecular flexibility index (Phi) is 4.99. The highest BCUT2D eigenvalue weighted by Crippen LogP contribution is 2.24. The normalized spacial score (nSPS) is 22.6. The van der Waals surface area contributed by atoms with Gasteiger partial charge in [0, 0.05) is 25.8 Å². The largest absolute Gasteiger partial charge is 0.369 e. The molecule has 2 unspecified atom stereocenters. The molecule has 1 amide bonds. The molecule has 1 aliphatic heterocycles. The first-order valence-corrected chi connectivity index (χ1v) is 7.60. The van der Waals surface area contributed by atoms with Crippen LogP contribution in [0.15, 0.2) is 18.3 Å². The number of nitrogens with one attached hydrogen (secondary N) is 1. The second-order valence-corrected chi connectivity index (χ2v) is 5.98. The van der Waals surface area contributed by atoms with Crippen molar-refractivity contribution in [3.63, 3.8) is 0 Å². The van der Waals surface area contributed by atoms with Crippen LogP contribution in [0.1, 0.15) is 44.0 Å². The van der Waals surface area contributed by atoms with Gasteiger partial charge in [-0.3, -0.25) is 4.79 Å². The molecule has 0 spiro atoms. The lowest BCUT2D eigenvalue weighted by molar-refractivity contribution is 0.0623. The Balaban J connectivity index is 2.15. The molecule has 0 aliphatic carbocycles. The van der Waals surface area contributed by atoms with Crippen LogP contribution in [0.4, 0.5) is 5.82 Å². The van der Waals surface area contributed by atoms with Crippen LogP contribution in [0.25, 0.3) is 0 Å². The number of carbonyl (C=O) groups is 1. The molecule has 20 heavy (non-hydrogen) atoms. The Bertz CT molecular complexity index is 451. The Morgan fingerprint density at radius 1 is 1.40 bits per heavy atom. The lowest BCUT2D eigenvalue weighted by Crippen LogP contribution is -2.42. The topological polar surface area (TPSA) is 45.2 Å². The summed E-state index contributed by atoms with van der Waals surface area (Å²) in [6, 6.07) is 3.71. The third-order valence-electron chi connectivity index (χ3n) is 3.74. The molecule has 110 valence electrons. The molecule has 0 bridgehead atoms. The molecule has 2 heterocycles. The fraction of sp³-hybridized carbons (Fsp3) is 0.625. The first-order chi connectivity index (χ1) is 9.61. The van der Waals surface area contributed by atoms with E-state index in [0.29, 0.717) is 23.2 Å². The number of likely N-dealkylation sites (tertiary alicyclic amines) is 1. The van der Waals surface area contributed by atoms with E-state index in [1.54, 1.807) is 6.20 Å². The van der Waals surface area contributed by atoms with Crippen molar-refractivity contribution in [2.75, 3.05) is 25.0 Å². The summed E-state index contributed by atoms with van der Waals surface area (Å²) in [6.07, 6.45) is 3.95. The molecule has 1 aromatic heterocycles. The molecule has 4 heteroatoms. The SMILES string of the molecule is CCCNc1ncccc1C(=O)N1CC(C)CC(C)C1. The van der Waals surface area contributed by atoms with Gasteiger partial charge in [-0.15, -0.1) is 0 Å². The van der Waals surface area contributed by atoms with Crippen molar-refractivity contribution in [3.05, 3.63) is 23.9 Å². The second-order valence-electron chi connectivity index (χ2n) is 5.98. The molecule has 0 saturated carbocycles. The summed E-state index contributed by atoms with van der Waals surface area (Å²) in [7, 11) is 0. The van der Waals surface area contributed by atoms with Gasteiger partial charge in [-0.2, -0.15) is 0 Å². The monoisotopic (exact) mass is 275 g/mol. The van der Waals surface area contributed by atoms with Crippen LogP contribution >= 0.6 is 0 Å². The van der Waals surface area contributed by atoms with Crippen LogP contribution in [0.2, 0.25) is 0 Å². The molecule has 1 aromatic rings. The molecule has 4 nitrogen and oxygen atoms in total. The zero-order valence-corrected chi connectivity index (χ0v) is 12.7. The van der Waals surface area contributed by atoms with E-state index < -0.39 is 0 Å². The van der Waals surface area contributed by atoms with E-state index in [0.717, 1.165) is 26.1 Å². The number of hydrogen-bond acceptors (Lipinski definition) is 3. The minimum atomic E-state index is 0.107. The van der Waals surface area contributed by atoms with Gasteiger partial charge in [0.2, 0.25) is 0 Å². The Labute approximate surface area is 121 Å². The van der Waals surface area contributed by atoms with Gasteiger partial charge in [0.15, 0.2) is 0 Å². The van der Waals surface area contributed by atoms with E-state index in [2.05, 4.69) is 31.1 Å². The summed E-state index contributed by atoms with van der Waals surface area (Å²) in [5, 5.41) is 3.25. The average molecular weight is 275 g/mol. The van der Waals surface area contributed by atoms with Gasteiger partial charge >= 0.3 is 0 Å². The van der Waals surface area contributed by atoms with Crippen molar-refractivity contribution in [2.45, 2.75) is 33.6 Å². The van der Waals surface area contributed by atoms with Gasteiger partial charge in [-0.1, -0.05) is 20.8 Å². The van der Waals surface area contributed by atoms with Crippen LogP contribution in [0, 0.1) is 11.8 Å². The molecule has 1 fully saturated rings. The summed E-state index contributed by atoms with van der Waals surface area (Å²) < 4.78 is 0. The molecule has 1 saturated heterocycles. The first-order valence-electron chi connectivity index (χ1n) is 7.60. The lowest BCUT2D eigenvalue weighted by atomic mass is 9.91. The number of carbonyl (C=O) groups excluding carboxylic acids is 1. The number of hydrogen-bond donors (Lipinski definition) is 1. The summed E-state index contributed by atoms with van der Waals surface area (Å²) in [5.74, 6) is 1.97. The third-order valence-corrected chi connectivity index (χ3v) is 3.74. The molecular formula is C16H25N3O. The number of anilines is 1. The maximum absolute atomic E-state index is 12.7. The minimum absolute atomic E-state index is 0.107. The van der Waals surface area contributed by atoms with E-state index in [9.17, 15) is 4.79 Å². The van der Waals surface area contributed by atoms with Crippen molar-refractivity contribution in [1.82, 2.24) is 9.88 Å². The van der Waals surface area contributed by atoms with Gasteiger partial charge in [0.1, 0.15) is 5.82 Å². The van der Waals surface area contributed by atoms with Crippen LogP contribution in [0.3, 0.4) is 0 Å². The van der Waals surface area contributed by atoms with E-state index in [1.165, 1.54) is 6.42 Å². The zero-order valence-electron chi connectivity index (χ0n) is 12.7. The van der Waals surface area contributed by atoms with Gasteiger partial charge in [0.25, 0.3) is 5.91 Å². The first kappa shape index (κ1) is 14.8. The fourth-order valence-electron chi connectivity index (χ4n) is 2.96. The molecule has 1 N–H and O–H groups in total. The number of rotatable bonds is 4. The number of aromatic nitrogens is 1. The minimum Gasteiger partial charge on any atom is -0.369 e. The number of piperidine rings is 1. The maximum atomic E-state index is 12.7. The molecule has 2 atom stereocenters. The van der Waals surface area contributed by atoms with Gasteiger partial charge < -0.3 is 10.2 Å². The van der Waals surface area contributed by atoms with Gasteiger partial charge in [-0.25, -0.2) is 4.98 Å². The third kappa shape index (κ3) is 3.50. The summed E-state index contributed by atoms with van der Waals surface area (Å²) in [4.78, 5) is 19.0. The van der Waals surface area contributed by atoms with Crippen molar-refractivity contribution in [2.24, 2.45) is 11.8 Å². The highest BCUT2D eigenvalue weighted by molar-refractivity contribution is 5.98. The van der Waals surface area contributed by atoms with E-state index in [4.69, 9.17) is 0 Å². The van der Waals surface area contributed by atoms with Crippen molar-refractivity contribution < 1.29 is 4.79 Å². The average Bonchev–Trinajstić information content (AvgIpc) is 2.43. The predicted molar refractivity (Wildman–Crippen MR) is 81.9 cm³/mol. The molecule has 1 aliphatic rings. The van der Waals surface area contributed by atoms with Crippen LogP contribution < -0.4 is 5.32 Å². The van der Waals surface area contributed by atoms with E-state index in [1.807, 2.05) is 17.0 Å².